The lowest BCUT2D eigenvalue weighted by Gasteiger charge is -2.36. The van der Waals surface area contributed by atoms with Crippen molar-refractivity contribution in [2.24, 2.45) is 10.8 Å². The van der Waals surface area contributed by atoms with Crippen LogP contribution in [0.15, 0.2) is 0 Å². The van der Waals surface area contributed by atoms with Crippen LogP contribution in [0.5, 0.6) is 0 Å². The number of hydrogen-bond donors (Lipinski definition) is 2. The highest BCUT2D eigenvalue weighted by atomic mass is 16.4. The average Bonchev–Trinajstić information content (AvgIpc) is 2.64. The van der Waals surface area contributed by atoms with Crippen molar-refractivity contribution in [3.63, 3.8) is 0 Å². The van der Waals surface area contributed by atoms with Crippen LogP contribution in [0.25, 0.3) is 0 Å². The van der Waals surface area contributed by atoms with Crippen LogP contribution in [0, 0.1) is 70.7 Å². The Balaban J connectivity index is 5.20. The number of rotatable bonds is 7. The van der Waals surface area contributed by atoms with Gasteiger partial charge in [-0.2, -0.15) is 0 Å². The molecule has 0 aromatic carbocycles. The van der Waals surface area contributed by atoms with Crippen molar-refractivity contribution in [1.82, 2.24) is 5.32 Å². The molecule has 0 aliphatic rings. The van der Waals surface area contributed by atoms with Gasteiger partial charge >= 0.3 is 5.97 Å². The number of carboxylic acid groups (broad SMARTS) is 1. The van der Waals surface area contributed by atoms with E-state index >= 15 is 0 Å². The van der Waals surface area contributed by atoms with E-state index in [-0.39, 0.29) is 12.3 Å². The summed E-state index contributed by atoms with van der Waals surface area (Å²) in [4.78, 5) is 24.2. The molecule has 134 valence electrons. The minimum absolute atomic E-state index is 0.247. The van der Waals surface area contributed by atoms with E-state index in [1.165, 1.54) is 0 Å². The van der Waals surface area contributed by atoms with Gasteiger partial charge in [0.15, 0.2) is 0 Å². The second kappa shape index (κ2) is 11.3. The predicted molar refractivity (Wildman–Crippen MR) is 102 cm³/mol. The molecule has 0 saturated carbocycles. The summed E-state index contributed by atoms with van der Waals surface area (Å²) in [5, 5.41) is 12.0. The zero-order chi connectivity index (χ0) is 20.1. The van der Waals surface area contributed by atoms with Crippen molar-refractivity contribution in [2.75, 3.05) is 0 Å². The topological polar surface area (TPSA) is 66.4 Å². The first-order chi connectivity index (χ1) is 12.3. The Morgan fingerprint density at radius 3 is 1.85 bits per heavy atom. The van der Waals surface area contributed by atoms with Gasteiger partial charge in [-0.05, 0) is 56.3 Å². The van der Waals surface area contributed by atoms with Crippen LogP contribution < -0.4 is 5.32 Å². The van der Waals surface area contributed by atoms with Crippen LogP contribution in [0.3, 0.4) is 0 Å². The van der Waals surface area contributed by atoms with Crippen molar-refractivity contribution in [1.29, 1.82) is 0 Å². The average molecular weight is 349 g/mol. The van der Waals surface area contributed by atoms with Crippen molar-refractivity contribution >= 4 is 11.9 Å². The first-order valence-corrected chi connectivity index (χ1v) is 8.31. The quantitative estimate of drug-likeness (QED) is 0.548. The van der Waals surface area contributed by atoms with Gasteiger partial charge in [0.2, 0.25) is 5.91 Å². The van der Waals surface area contributed by atoms with E-state index in [0.717, 1.165) is 0 Å². The zero-order valence-electron chi connectivity index (χ0n) is 15.7. The summed E-state index contributed by atoms with van der Waals surface area (Å²) in [5.41, 5.74) is -1.76. The highest BCUT2D eigenvalue weighted by Crippen LogP contribution is 2.41. The zero-order valence-corrected chi connectivity index (χ0v) is 15.7. The van der Waals surface area contributed by atoms with Gasteiger partial charge in [0.05, 0.1) is 10.8 Å². The Kier molecular flexibility index (Phi) is 9.90. The van der Waals surface area contributed by atoms with E-state index in [0.29, 0.717) is 19.3 Å². The van der Waals surface area contributed by atoms with Gasteiger partial charge in [0.25, 0.3) is 0 Å². The van der Waals surface area contributed by atoms with Crippen molar-refractivity contribution in [3.8, 4) is 59.8 Å². The Hall–Kier alpha value is -3.26. The molecule has 0 radical (unpaired) electrons. The maximum atomic E-state index is 12.6. The fourth-order valence-corrected chi connectivity index (χ4v) is 2.44. The van der Waals surface area contributed by atoms with Crippen LogP contribution in [-0.2, 0) is 9.59 Å². The Bertz CT molecular complexity index is 812. The molecule has 0 saturated heterocycles. The molecule has 0 spiro atoms. The van der Waals surface area contributed by atoms with Crippen LogP contribution in [0.4, 0.5) is 0 Å². The second-order valence-electron chi connectivity index (χ2n) is 5.98. The van der Waals surface area contributed by atoms with Gasteiger partial charge in [-0.1, -0.05) is 20.8 Å². The number of terminal acetylenes is 1. The van der Waals surface area contributed by atoms with Gasteiger partial charge in [-0.3, -0.25) is 14.9 Å². The summed E-state index contributed by atoms with van der Waals surface area (Å²) >= 11 is 0. The Morgan fingerprint density at radius 1 is 0.923 bits per heavy atom. The molecule has 0 aliphatic carbocycles. The molecule has 1 atom stereocenters. The molecule has 1 amide bonds. The molecule has 0 rings (SSSR count). The molecule has 4 nitrogen and oxygen atoms in total. The third kappa shape index (κ3) is 6.70. The van der Waals surface area contributed by atoms with E-state index in [1.807, 2.05) is 20.8 Å². The third-order valence-electron chi connectivity index (χ3n) is 4.55. The summed E-state index contributed by atoms with van der Waals surface area (Å²) in [5.74, 6) is 18.0. The molecule has 0 aromatic heterocycles. The van der Waals surface area contributed by atoms with E-state index in [9.17, 15) is 14.7 Å². The first kappa shape index (κ1) is 22.7. The van der Waals surface area contributed by atoms with Crippen LogP contribution in [0.2, 0.25) is 0 Å². The summed E-state index contributed by atoms with van der Waals surface area (Å²) in [6.45, 7) is 7.23. The molecule has 0 aliphatic heterocycles. The summed E-state index contributed by atoms with van der Waals surface area (Å²) in [6.07, 6.45) is 6.66. The second-order valence-corrected chi connectivity index (χ2v) is 5.98. The SMILES string of the molecule is C#CC#CC#CC#CC#CNC(=O)C(CC)(CC)CC(C)(CC)C(=O)O. The predicted octanol–water partition coefficient (Wildman–Crippen LogP) is 2.40. The largest absolute Gasteiger partial charge is 0.481 e. The van der Waals surface area contributed by atoms with Gasteiger partial charge in [-0.25, -0.2) is 0 Å². The number of hydrogen-bond acceptors (Lipinski definition) is 2. The monoisotopic (exact) mass is 349 g/mol. The number of carboxylic acids is 1. The summed E-state index contributed by atoms with van der Waals surface area (Å²) in [6, 6.07) is 2.49. The highest BCUT2D eigenvalue weighted by Gasteiger charge is 2.44. The molecule has 1 unspecified atom stereocenters. The molecular formula is C22H23NO3. The summed E-state index contributed by atoms with van der Waals surface area (Å²) < 4.78 is 0. The van der Waals surface area contributed by atoms with Gasteiger partial charge < -0.3 is 5.11 Å². The first-order valence-electron chi connectivity index (χ1n) is 8.31. The Morgan fingerprint density at radius 2 is 1.42 bits per heavy atom. The lowest BCUT2D eigenvalue weighted by Crippen LogP contribution is -2.44. The minimum atomic E-state index is -0.967. The summed E-state index contributed by atoms with van der Waals surface area (Å²) in [7, 11) is 0. The minimum Gasteiger partial charge on any atom is -0.481 e. The maximum absolute atomic E-state index is 12.6. The Labute approximate surface area is 156 Å². The number of aliphatic carboxylic acids is 1. The van der Waals surface area contributed by atoms with Gasteiger partial charge in [-0.15, -0.1) is 6.42 Å². The molecule has 0 aromatic rings. The molecule has 2 N–H and O–H groups in total. The maximum Gasteiger partial charge on any atom is 0.309 e. The number of carbonyl (C=O) groups is 2. The lowest BCUT2D eigenvalue weighted by molar-refractivity contribution is -0.152. The fraction of sp³-hybridized carbons (Fsp3) is 0.455. The number of nitrogens with one attached hydrogen (secondary N) is 1. The third-order valence-corrected chi connectivity index (χ3v) is 4.55. The van der Waals surface area contributed by atoms with Crippen LogP contribution >= 0.6 is 0 Å². The smallest absolute Gasteiger partial charge is 0.309 e. The van der Waals surface area contributed by atoms with E-state index in [1.54, 1.807) is 6.92 Å². The number of amides is 1. The molecule has 0 fully saturated rings. The van der Waals surface area contributed by atoms with E-state index < -0.39 is 16.8 Å². The van der Waals surface area contributed by atoms with Crippen molar-refractivity contribution in [3.05, 3.63) is 0 Å². The van der Waals surface area contributed by atoms with Crippen LogP contribution in [0.1, 0.15) is 53.4 Å². The number of carbonyl (C=O) groups excluding carboxylic acids is 1. The highest BCUT2D eigenvalue weighted by molar-refractivity contribution is 5.85. The molecule has 0 bridgehead atoms. The van der Waals surface area contributed by atoms with Gasteiger partial charge in [0, 0.05) is 29.7 Å². The standard InChI is InChI=1S/C22H23NO3/c1-6-10-11-12-13-14-15-16-17-23-19(24)22(8-3,9-4)18-21(5,7-2)20(25)26/h1H,7-9,18H2,2-5H3,(H,23,24)(H,25,26). The van der Waals surface area contributed by atoms with Crippen LogP contribution in [-0.4, -0.2) is 17.0 Å². The molecule has 0 heterocycles. The van der Waals surface area contributed by atoms with Crippen molar-refractivity contribution < 1.29 is 14.7 Å². The fourth-order valence-electron chi connectivity index (χ4n) is 2.44. The molecular weight excluding hydrogens is 326 g/mol. The molecule has 26 heavy (non-hydrogen) atoms. The van der Waals surface area contributed by atoms with Crippen molar-refractivity contribution in [2.45, 2.75) is 53.4 Å². The van der Waals surface area contributed by atoms with E-state index in [4.69, 9.17) is 6.42 Å². The lowest BCUT2D eigenvalue weighted by atomic mass is 9.67. The van der Waals surface area contributed by atoms with E-state index in [2.05, 4.69) is 58.7 Å². The normalized spacial score (nSPS) is 11.2. The van der Waals surface area contributed by atoms with Gasteiger partial charge in [0.1, 0.15) is 0 Å². The molecule has 4 heteroatoms.